The number of carbonyl (C=O) groups is 2. The van der Waals surface area contributed by atoms with Crippen molar-refractivity contribution >= 4 is 23.6 Å². The van der Waals surface area contributed by atoms with Gasteiger partial charge in [-0.25, -0.2) is 9.78 Å². The number of amides is 2. The number of carbonyl (C=O) groups excluding carboxylic acids is 2. The highest BCUT2D eigenvalue weighted by Crippen LogP contribution is 2.41. The molecule has 0 spiro atoms. The number of imide groups is 1. The van der Waals surface area contributed by atoms with Gasteiger partial charge in [0.1, 0.15) is 10.8 Å². The van der Waals surface area contributed by atoms with Crippen molar-refractivity contribution in [2.24, 2.45) is 0 Å². The van der Waals surface area contributed by atoms with Crippen LogP contribution in [0.15, 0.2) is 30.5 Å². The van der Waals surface area contributed by atoms with Gasteiger partial charge >= 0.3 is 12.3 Å². The molecule has 2 amide bonds. The molecule has 0 saturated carbocycles. The van der Waals surface area contributed by atoms with Gasteiger partial charge in [-0.15, -0.1) is 0 Å². The summed E-state index contributed by atoms with van der Waals surface area (Å²) in [5.41, 5.74) is 0.779. The first-order valence-corrected chi connectivity index (χ1v) is 8.65. The predicted molar refractivity (Wildman–Crippen MR) is 90.2 cm³/mol. The molecule has 146 valence electrons. The van der Waals surface area contributed by atoms with E-state index in [2.05, 4.69) is 10.3 Å². The van der Waals surface area contributed by atoms with Gasteiger partial charge in [-0.2, -0.15) is 13.2 Å². The number of fused-ring (bicyclic) bond motifs is 1. The van der Waals surface area contributed by atoms with E-state index in [1.54, 1.807) is 18.2 Å². The summed E-state index contributed by atoms with van der Waals surface area (Å²) in [5, 5.41) is 1.85. The maximum atomic E-state index is 12.7. The van der Waals surface area contributed by atoms with Gasteiger partial charge in [-0.05, 0) is 42.2 Å². The van der Waals surface area contributed by atoms with Gasteiger partial charge in [0, 0.05) is 12.1 Å². The van der Waals surface area contributed by atoms with Crippen LogP contribution in [0.25, 0.3) is 0 Å². The van der Waals surface area contributed by atoms with Crippen LogP contribution >= 0.6 is 11.6 Å². The van der Waals surface area contributed by atoms with Crippen molar-refractivity contribution in [2.45, 2.75) is 31.0 Å². The molecule has 0 radical (unpaired) electrons. The van der Waals surface area contributed by atoms with E-state index in [1.807, 2.05) is 0 Å². The second-order valence-electron chi connectivity index (χ2n) is 6.43. The summed E-state index contributed by atoms with van der Waals surface area (Å²) < 4.78 is 48.7. The molecule has 2 aliphatic rings. The Morgan fingerprint density at radius 3 is 2.68 bits per heavy atom. The molecule has 2 aromatic rings. The number of ether oxygens (including phenoxy) is 2. The number of hydrogen-bond acceptors (Lipinski definition) is 5. The Labute approximate surface area is 161 Å². The lowest BCUT2D eigenvalue weighted by Crippen LogP contribution is -2.28. The first-order chi connectivity index (χ1) is 13.2. The van der Waals surface area contributed by atoms with Crippen LogP contribution in [0.1, 0.15) is 29.0 Å². The van der Waals surface area contributed by atoms with E-state index < -0.39 is 29.8 Å². The average molecular weight is 413 g/mol. The molecule has 1 aromatic carbocycles. The second kappa shape index (κ2) is 6.66. The smallest absolute Gasteiger partial charge is 0.417 e. The van der Waals surface area contributed by atoms with Crippen molar-refractivity contribution in [3.63, 3.8) is 0 Å². The molecular weight excluding hydrogens is 401 g/mol. The third kappa shape index (κ3) is 3.37. The van der Waals surface area contributed by atoms with E-state index in [4.69, 9.17) is 21.1 Å². The summed E-state index contributed by atoms with van der Waals surface area (Å²) in [4.78, 5) is 26.7. The number of nitrogens with zero attached hydrogens (tertiary/aromatic N) is 1. The first-order valence-electron chi connectivity index (χ1n) is 8.27. The van der Waals surface area contributed by atoms with E-state index in [9.17, 15) is 22.8 Å². The van der Waals surface area contributed by atoms with Crippen molar-refractivity contribution in [2.75, 3.05) is 0 Å². The van der Waals surface area contributed by atoms with Gasteiger partial charge in [0.2, 0.25) is 5.88 Å². The molecule has 1 unspecified atom stereocenters. The lowest BCUT2D eigenvalue weighted by molar-refractivity contribution is -0.137. The summed E-state index contributed by atoms with van der Waals surface area (Å²) >= 11 is 5.86. The molecule has 1 aliphatic carbocycles. The van der Waals surface area contributed by atoms with Crippen LogP contribution in [0.3, 0.4) is 0 Å². The number of alkyl halides is 3. The molecular formula is C18H12ClF3N2O4. The predicted octanol–water partition coefficient (Wildman–Crippen LogP) is 4.21. The Balaban J connectivity index is 1.54. The molecule has 2 heterocycles. The molecule has 6 nitrogen and oxygen atoms in total. The standard InChI is InChI=1S/C18H12ClF3N2O4/c19-13-6-9(18(20,21)22)7-23-16(13)27-10-2-4-11-8(5-10)1-3-12(11)14-15(25)24-17(26)28-14/h2,4-7,12,14H,1,3H2,(H,24,25,26)/t12-,14?/m1/s1. The van der Waals surface area contributed by atoms with Crippen LogP contribution in [0.5, 0.6) is 11.6 Å². The van der Waals surface area contributed by atoms with Gasteiger partial charge in [0.15, 0.2) is 6.10 Å². The zero-order valence-corrected chi connectivity index (χ0v) is 14.8. The lowest BCUT2D eigenvalue weighted by atomic mass is 9.95. The SMILES string of the molecule is O=C1NC(=O)C([C@@H]2CCc3cc(Oc4ncc(C(F)(F)F)cc4Cl)ccc32)O1. The fourth-order valence-corrected chi connectivity index (χ4v) is 3.61. The number of halogens is 4. The molecule has 4 rings (SSSR count). The molecule has 1 aromatic heterocycles. The van der Waals surface area contributed by atoms with E-state index in [0.717, 1.165) is 17.2 Å². The number of benzene rings is 1. The Bertz CT molecular complexity index is 980. The Kier molecular flexibility index (Phi) is 4.41. The molecule has 1 saturated heterocycles. The van der Waals surface area contributed by atoms with Crippen LogP contribution in [0.4, 0.5) is 18.0 Å². The first kappa shape index (κ1) is 18.5. The van der Waals surface area contributed by atoms with Crippen LogP contribution in [0, 0.1) is 0 Å². The number of cyclic esters (lactones) is 1. The quantitative estimate of drug-likeness (QED) is 0.817. The average Bonchev–Trinajstić information content (AvgIpc) is 3.17. The summed E-state index contributed by atoms with van der Waals surface area (Å²) in [6, 6.07) is 5.79. The summed E-state index contributed by atoms with van der Waals surface area (Å²) in [6.07, 6.45) is -4.28. The maximum absolute atomic E-state index is 12.7. The van der Waals surface area contributed by atoms with Gasteiger partial charge in [0.05, 0.1) is 5.56 Å². The molecule has 1 aliphatic heterocycles. The van der Waals surface area contributed by atoms with Gasteiger partial charge in [0.25, 0.3) is 5.91 Å². The zero-order chi connectivity index (χ0) is 20.1. The molecule has 0 bridgehead atoms. The molecule has 2 atom stereocenters. The van der Waals surface area contributed by atoms with Crippen molar-refractivity contribution in [3.05, 3.63) is 52.2 Å². The van der Waals surface area contributed by atoms with Gasteiger partial charge in [-0.3, -0.25) is 10.1 Å². The van der Waals surface area contributed by atoms with Crippen LogP contribution < -0.4 is 10.1 Å². The largest absolute Gasteiger partial charge is 0.438 e. The fraction of sp³-hybridized carbons (Fsp3) is 0.278. The zero-order valence-electron chi connectivity index (χ0n) is 14.0. The monoisotopic (exact) mass is 412 g/mol. The highest BCUT2D eigenvalue weighted by Gasteiger charge is 2.42. The third-order valence-corrected chi connectivity index (χ3v) is 4.94. The van der Waals surface area contributed by atoms with Crippen LogP contribution in [0.2, 0.25) is 5.02 Å². The minimum absolute atomic E-state index is 0.145. The topological polar surface area (TPSA) is 77.5 Å². The second-order valence-corrected chi connectivity index (χ2v) is 6.84. The summed E-state index contributed by atoms with van der Waals surface area (Å²) in [6.45, 7) is 0. The van der Waals surface area contributed by atoms with Crippen molar-refractivity contribution in [3.8, 4) is 11.6 Å². The van der Waals surface area contributed by atoms with Gasteiger partial charge in [-0.1, -0.05) is 17.7 Å². The molecule has 1 N–H and O–H groups in total. The van der Waals surface area contributed by atoms with Crippen molar-refractivity contribution < 1.29 is 32.2 Å². The summed E-state index contributed by atoms with van der Waals surface area (Å²) in [5.74, 6) is -0.526. The number of nitrogens with one attached hydrogen (secondary N) is 1. The summed E-state index contributed by atoms with van der Waals surface area (Å²) in [7, 11) is 0. The maximum Gasteiger partial charge on any atom is 0.417 e. The van der Waals surface area contributed by atoms with Crippen molar-refractivity contribution in [1.82, 2.24) is 10.3 Å². The highest BCUT2D eigenvalue weighted by molar-refractivity contribution is 6.31. The molecule has 28 heavy (non-hydrogen) atoms. The van der Waals surface area contributed by atoms with Gasteiger partial charge < -0.3 is 9.47 Å². The number of aromatic nitrogens is 1. The number of alkyl carbamates (subject to hydrolysis) is 1. The number of pyridine rings is 1. The number of hydrogen-bond donors (Lipinski definition) is 1. The van der Waals surface area contributed by atoms with E-state index in [0.29, 0.717) is 24.8 Å². The number of aryl methyl sites for hydroxylation is 1. The van der Waals surface area contributed by atoms with Crippen LogP contribution in [-0.2, 0) is 22.1 Å². The Morgan fingerprint density at radius 1 is 1.25 bits per heavy atom. The number of rotatable bonds is 3. The lowest BCUT2D eigenvalue weighted by Gasteiger charge is -2.16. The van der Waals surface area contributed by atoms with E-state index >= 15 is 0 Å². The van der Waals surface area contributed by atoms with Crippen LogP contribution in [-0.4, -0.2) is 23.1 Å². The van der Waals surface area contributed by atoms with Crippen molar-refractivity contribution in [1.29, 1.82) is 0 Å². The molecule has 1 fully saturated rings. The highest BCUT2D eigenvalue weighted by atomic mass is 35.5. The minimum Gasteiger partial charge on any atom is -0.438 e. The Morgan fingerprint density at radius 2 is 2.04 bits per heavy atom. The Hall–Kier alpha value is -2.81. The molecule has 10 heteroatoms. The normalized spacial score (nSPS) is 21.3. The third-order valence-electron chi connectivity index (χ3n) is 4.67. The van der Waals surface area contributed by atoms with E-state index in [-0.39, 0.29) is 16.8 Å². The minimum atomic E-state index is -4.55. The fourth-order valence-electron chi connectivity index (χ4n) is 3.41. The van der Waals surface area contributed by atoms with E-state index in [1.165, 1.54) is 0 Å².